The third kappa shape index (κ3) is 3.74. The summed E-state index contributed by atoms with van der Waals surface area (Å²) in [6.07, 6.45) is 3.27. The maximum absolute atomic E-state index is 13.0. The Labute approximate surface area is 196 Å². The maximum Gasteiger partial charge on any atom is 0.261 e. The Bertz CT molecular complexity index is 1440. The van der Waals surface area contributed by atoms with Crippen molar-refractivity contribution in [3.8, 4) is 10.6 Å². The smallest absolute Gasteiger partial charge is 0.261 e. The number of nitrogens with one attached hydrogen (secondary N) is 1. The lowest BCUT2D eigenvalue weighted by atomic mass is 10.2. The molecule has 0 bridgehead atoms. The van der Waals surface area contributed by atoms with Crippen molar-refractivity contribution in [1.29, 1.82) is 0 Å². The number of aryl methyl sites for hydroxylation is 1. The standard InChI is InChI=1S/C23H19BrN6OS/c1-14-21(24)15(2)29(28-14)13-16-5-3-6-17(11-16)27-23(31)18-12-26-30-19(8-9-25-22(18)30)20-7-4-10-32-20/h3-12H,13H2,1-2H3,(H,27,31). The molecule has 0 saturated heterocycles. The second-order valence-electron chi connectivity index (χ2n) is 7.40. The van der Waals surface area contributed by atoms with E-state index in [1.165, 1.54) is 0 Å². The van der Waals surface area contributed by atoms with Crippen LogP contribution in [0.4, 0.5) is 5.69 Å². The number of hydrogen-bond acceptors (Lipinski definition) is 5. The summed E-state index contributed by atoms with van der Waals surface area (Å²) in [6.45, 7) is 4.61. The van der Waals surface area contributed by atoms with Gasteiger partial charge in [-0.25, -0.2) is 9.50 Å². The SMILES string of the molecule is Cc1nn(Cc2cccc(NC(=O)c3cnn4c(-c5cccs5)ccnc34)c2)c(C)c1Br. The van der Waals surface area contributed by atoms with Gasteiger partial charge in [0.15, 0.2) is 5.65 Å². The number of rotatable bonds is 5. The van der Waals surface area contributed by atoms with Gasteiger partial charge >= 0.3 is 0 Å². The zero-order valence-electron chi connectivity index (χ0n) is 17.4. The Morgan fingerprint density at radius 3 is 2.81 bits per heavy atom. The van der Waals surface area contributed by atoms with Gasteiger partial charge in [-0.1, -0.05) is 18.2 Å². The van der Waals surface area contributed by atoms with E-state index in [1.807, 2.05) is 66.4 Å². The van der Waals surface area contributed by atoms with Gasteiger partial charge in [0.05, 0.1) is 39.2 Å². The molecule has 0 fully saturated rings. The highest BCUT2D eigenvalue weighted by molar-refractivity contribution is 9.10. The second kappa shape index (κ2) is 8.33. The van der Waals surface area contributed by atoms with Crippen LogP contribution in [0.1, 0.15) is 27.3 Å². The molecule has 1 amide bonds. The number of carbonyl (C=O) groups excluding carboxylic acids is 1. The summed E-state index contributed by atoms with van der Waals surface area (Å²) in [5.74, 6) is -0.248. The van der Waals surface area contributed by atoms with Gasteiger partial charge in [0.25, 0.3) is 5.91 Å². The van der Waals surface area contributed by atoms with E-state index in [9.17, 15) is 4.79 Å². The van der Waals surface area contributed by atoms with Gasteiger partial charge < -0.3 is 5.32 Å². The number of amides is 1. The second-order valence-corrected chi connectivity index (χ2v) is 9.14. The van der Waals surface area contributed by atoms with E-state index in [1.54, 1.807) is 28.2 Å². The Morgan fingerprint density at radius 1 is 1.19 bits per heavy atom. The molecular formula is C23H19BrN6OS. The van der Waals surface area contributed by atoms with Crippen molar-refractivity contribution in [2.75, 3.05) is 5.32 Å². The number of carbonyl (C=O) groups is 1. The number of benzene rings is 1. The van der Waals surface area contributed by atoms with Crippen LogP contribution in [0.3, 0.4) is 0 Å². The van der Waals surface area contributed by atoms with Gasteiger partial charge in [0.1, 0.15) is 5.56 Å². The Morgan fingerprint density at radius 2 is 2.06 bits per heavy atom. The highest BCUT2D eigenvalue weighted by atomic mass is 79.9. The van der Waals surface area contributed by atoms with Crippen molar-refractivity contribution in [1.82, 2.24) is 24.4 Å². The molecule has 0 unspecified atom stereocenters. The van der Waals surface area contributed by atoms with Gasteiger partial charge in [-0.2, -0.15) is 10.2 Å². The number of thiophene rings is 1. The fourth-order valence-electron chi connectivity index (χ4n) is 3.61. The number of aromatic nitrogens is 5. The molecule has 5 aromatic rings. The van der Waals surface area contributed by atoms with Crippen LogP contribution in [0, 0.1) is 13.8 Å². The maximum atomic E-state index is 13.0. The lowest BCUT2D eigenvalue weighted by Gasteiger charge is -2.09. The molecule has 0 spiro atoms. The lowest BCUT2D eigenvalue weighted by Crippen LogP contribution is -2.12. The predicted octanol–water partition coefficient (Wildman–Crippen LogP) is 5.33. The molecule has 32 heavy (non-hydrogen) atoms. The fourth-order valence-corrected chi connectivity index (χ4v) is 4.63. The van der Waals surface area contributed by atoms with Crippen LogP contribution in [-0.4, -0.2) is 30.3 Å². The molecule has 7 nitrogen and oxygen atoms in total. The topological polar surface area (TPSA) is 77.1 Å². The quantitative estimate of drug-likeness (QED) is 0.349. The summed E-state index contributed by atoms with van der Waals surface area (Å²) < 4.78 is 4.67. The molecule has 4 aromatic heterocycles. The normalized spacial score (nSPS) is 11.2. The van der Waals surface area contributed by atoms with Crippen molar-refractivity contribution in [3.05, 3.63) is 87.2 Å². The van der Waals surface area contributed by atoms with Crippen molar-refractivity contribution in [2.45, 2.75) is 20.4 Å². The highest BCUT2D eigenvalue weighted by Gasteiger charge is 2.17. The number of halogens is 1. The van der Waals surface area contributed by atoms with Gasteiger partial charge in [-0.05, 0) is 65.0 Å². The van der Waals surface area contributed by atoms with E-state index < -0.39 is 0 Å². The zero-order valence-corrected chi connectivity index (χ0v) is 19.8. The van der Waals surface area contributed by atoms with Crippen LogP contribution < -0.4 is 5.32 Å². The summed E-state index contributed by atoms with van der Waals surface area (Å²) in [6, 6.07) is 13.7. The number of anilines is 1. The molecule has 4 heterocycles. The number of hydrogen-bond donors (Lipinski definition) is 1. The van der Waals surface area contributed by atoms with E-state index in [0.29, 0.717) is 23.4 Å². The van der Waals surface area contributed by atoms with E-state index in [4.69, 9.17) is 0 Å². The first-order valence-corrected chi connectivity index (χ1v) is 11.6. The minimum Gasteiger partial charge on any atom is -0.322 e. The number of fused-ring (bicyclic) bond motifs is 1. The third-order valence-corrected chi connectivity index (χ3v) is 7.27. The number of nitrogens with zero attached hydrogens (tertiary/aromatic N) is 5. The monoisotopic (exact) mass is 506 g/mol. The Hall–Kier alpha value is -3.30. The largest absolute Gasteiger partial charge is 0.322 e. The van der Waals surface area contributed by atoms with Gasteiger partial charge in [-0.3, -0.25) is 9.48 Å². The minimum absolute atomic E-state index is 0.248. The van der Waals surface area contributed by atoms with Crippen molar-refractivity contribution >= 4 is 44.5 Å². The Balaban J connectivity index is 1.40. The van der Waals surface area contributed by atoms with Gasteiger partial charge in [0, 0.05) is 11.9 Å². The van der Waals surface area contributed by atoms with E-state index in [2.05, 4.69) is 36.4 Å². The zero-order chi connectivity index (χ0) is 22.2. The van der Waals surface area contributed by atoms with Crippen molar-refractivity contribution < 1.29 is 4.79 Å². The average molecular weight is 507 g/mol. The van der Waals surface area contributed by atoms with Crippen LogP contribution in [0.2, 0.25) is 0 Å². The van der Waals surface area contributed by atoms with Crippen LogP contribution in [-0.2, 0) is 6.54 Å². The predicted molar refractivity (Wildman–Crippen MR) is 129 cm³/mol. The van der Waals surface area contributed by atoms with E-state index >= 15 is 0 Å². The van der Waals surface area contributed by atoms with Crippen LogP contribution in [0.5, 0.6) is 0 Å². The molecule has 160 valence electrons. The first-order valence-electron chi connectivity index (χ1n) is 9.97. The third-order valence-electron chi connectivity index (χ3n) is 5.23. The summed E-state index contributed by atoms with van der Waals surface area (Å²) in [5, 5.41) is 14.0. The van der Waals surface area contributed by atoms with Crippen molar-refractivity contribution in [3.63, 3.8) is 0 Å². The van der Waals surface area contributed by atoms with E-state index in [-0.39, 0.29) is 5.91 Å². The first kappa shape index (κ1) is 20.6. The summed E-state index contributed by atoms with van der Waals surface area (Å²) in [4.78, 5) is 18.5. The molecule has 5 rings (SSSR count). The molecular weight excluding hydrogens is 488 g/mol. The summed E-state index contributed by atoms with van der Waals surface area (Å²) >= 11 is 5.18. The fraction of sp³-hybridized carbons (Fsp3) is 0.130. The average Bonchev–Trinajstić information content (AvgIpc) is 3.52. The van der Waals surface area contributed by atoms with Crippen LogP contribution in [0.15, 0.2) is 64.7 Å². The molecule has 0 aliphatic rings. The molecule has 0 saturated carbocycles. The van der Waals surface area contributed by atoms with Crippen molar-refractivity contribution in [2.24, 2.45) is 0 Å². The Kier molecular flexibility index (Phi) is 5.36. The van der Waals surface area contributed by atoms with Gasteiger partial charge in [0.2, 0.25) is 0 Å². The first-order chi connectivity index (χ1) is 15.5. The molecule has 1 N–H and O–H groups in total. The molecule has 0 aliphatic heterocycles. The van der Waals surface area contributed by atoms with E-state index in [0.717, 1.165) is 32.0 Å². The summed E-state index contributed by atoms with van der Waals surface area (Å²) in [5.41, 5.74) is 5.63. The highest BCUT2D eigenvalue weighted by Crippen LogP contribution is 2.26. The molecule has 0 aliphatic carbocycles. The van der Waals surface area contributed by atoms with Crippen LogP contribution in [0.25, 0.3) is 16.2 Å². The molecule has 0 radical (unpaired) electrons. The van der Waals surface area contributed by atoms with Crippen LogP contribution >= 0.6 is 27.3 Å². The lowest BCUT2D eigenvalue weighted by molar-refractivity contribution is 0.102. The van der Waals surface area contributed by atoms with Gasteiger partial charge in [-0.15, -0.1) is 11.3 Å². The molecule has 0 atom stereocenters. The minimum atomic E-state index is -0.248. The molecule has 9 heteroatoms. The summed E-state index contributed by atoms with van der Waals surface area (Å²) in [7, 11) is 0. The molecule has 1 aromatic carbocycles.